The lowest BCUT2D eigenvalue weighted by molar-refractivity contribution is 0.242. The van der Waals surface area contributed by atoms with E-state index in [0.717, 1.165) is 36.1 Å². The Bertz CT molecular complexity index is 1190. The zero-order chi connectivity index (χ0) is 24.5. The fourth-order valence-corrected chi connectivity index (χ4v) is 4.20. The van der Waals surface area contributed by atoms with E-state index in [2.05, 4.69) is 47.4 Å². The summed E-state index contributed by atoms with van der Waals surface area (Å²) in [5, 5.41) is 0. The first-order chi connectivity index (χ1) is 17.2. The molecule has 0 fully saturated rings. The van der Waals surface area contributed by atoms with Gasteiger partial charge in [-0.15, -0.1) is 0 Å². The van der Waals surface area contributed by atoms with Gasteiger partial charge in [0.15, 0.2) is 11.5 Å². The second-order valence-electron chi connectivity index (χ2n) is 8.18. The summed E-state index contributed by atoms with van der Waals surface area (Å²) in [7, 11) is 4.83. The lowest BCUT2D eigenvalue weighted by Crippen LogP contribution is -2.12. The number of nitrogens with zero attached hydrogens (tertiary/aromatic N) is 1. The van der Waals surface area contributed by atoms with Crippen molar-refractivity contribution < 1.29 is 18.9 Å². The van der Waals surface area contributed by atoms with Gasteiger partial charge in [-0.3, -0.25) is 4.98 Å². The fourth-order valence-electron chi connectivity index (χ4n) is 4.20. The third kappa shape index (κ3) is 5.93. The Hall–Kier alpha value is -3.99. The van der Waals surface area contributed by atoms with Crippen molar-refractivity contribution in [2.24, 2.45) is 0 Å². The van der Waals surface area contributed by atoms with Crippen molar-refractivity contribution in [2.75, 3.05) is 21.3 Å². The fraction of sp³-hybridized carbons (Fsp3) is 0.233. The molecular weight excluding hydrogens is 438 g/mol. The van der Waals surface area contributed by atoms with E-state index < -0.39 is 0 Å². The van der Waals surface area contributed by atoms with Crippen molar-refractivity contribution in [1.29, 1.82) is 0 Å². The number of aromatic nitrogens is 1. The van der Waals surface area contributed by atoms with Crippen LogP contribution < -0.4 is 18.9 Å². The largest absolute Gasteiger partial charge is 0.493 e. The molecule has 0 aliphatic carbocycles. The van der Waals surface area contributed by atoms with Crippen LogP contribution in [0.4, 0.5) is 0 Å². The topological polar surface area (TPSA) is 49.8 Å². The maximum atomic E-state index is 6.71. The maximum Gasteiger partial charge on any atom is 0.203 e. The van der Waals surface area contributed by atoms with Crippen molar-refractivity contribution in [3.05, 3.63) is 114 Å². The van der Waals surface area contributed by atoms with Gasteiger partial charge in [0.2, 0.25) is 5.75 Å². The second kappa shape index (κ2) is 11.9. The number of ether oxygens (including phenoxy) is 4. The van der Waals surface area contributed by atoms with Crippen molar-refractivity contribution >= 4 is 0 Å². The van der Waals surface area contributed by atoms with Crippen LogP contribution in [0, 0.1) is 0 Å². The van der Waals surface area contributed by atoms with Crippen LogP contribution >= 0.6 is 0 Å². The monoisotopic (exact) mass is 469 g/mol. The van der Waals surface area contributed by atoms with Crippen LogP contribution in [-0.2, 0) is 12.8 Å². The molecule has 0 saturated heterocycles. The third-order valence-electron chi connectivity index (χ3n) is 5.97. The van der Waals surface area contributed by atoms with Gasteiger partial charge >= 0.3 is 0 Å². The van der Waals surface area contributed by atoms with Crippen molar-refractivity contribution in [3.8, 4) is 23.0 Å². The molecule has 1 aromatic heterocycles. The molecule has 1 heterocycles. The molecule has 0 radical (unpaired) electrons. The van der Waals surface area contributed by atoms with E-state index in [9.17, 15) is 0 Å². The van der Waals surface area contributed by atoms with E-state index in [4.69, 9.17) is 18.9 Å². The molecule has 0 saturated carbocycles. The zero-order valence-corrected chi connectivity index (χ0v) is 20.4. The minimum atomic E-state index is -0.387. The van der Waals surface area contributed by atoms with Crippen LogP contribution in [0.3, 0.4) is 0 Å². The number of hydrogen-bond donors (Lipinski definition) is 0. The smallest absolute Gasteiger partial charge is 0.203 e. The molecule has 0 bridgehead atoms. The van der Waals surface area contributed by atoms with Gasteiger partial charge in [-0.1, -0.05) is 48.5 Å². The molecule has 3 aromatic carbocycles. The SMILES string of the molecule is COc1cc(C(Oc2ccccc2CCCc2ccccc2)c2ccncc2)cc(OC)c1OC. The van der Waals surface area contributed by atoms with Gasteiger partial charge < -0.3 is 18.9 Å². The average molecular weight is 470 g/mol. The summed E-state index contributed by atoms with van der Waals surface area (Å²) in [5.74, 6) is 2.57. The first kappa shape index (κ1) is 24.1. The highest BCUT2D eigenvalue weighted by Gasteiger charge is 2.23. The van der Waals surface area contributed by atoms with E-state index in [0.29, 0.717) is 17.2 Å². The minimum Gasteiger partial charge on any atom is -0.493 e. The van der Waals surface area contributed by atoms with Crippen molar-refractivity contribution in [1.82, 2.24) is 4.98 Å². The number of methoxy groups -OCH3 is 3. The maximum absolute atomic E-state index is 6.71. The molecular formula is C30H31NO4. The van der Waals surface area contributed by atoms with Gasteiger partial charge in [0, 0.05) is 18.0 Å². The highest BCUT2D eigenvalue weighted by molar-refractivity contribution is 5.55. The number of hydrogen-bond acceptors (Lipinski definition) is 5. The summed E-state index contributed by atoms with van der Waals surface area (Å²) in [5.41, 5.74) is 4.39. The first-order valence-electron chi connectivity index (χ1n) is 11.7. The predicted molar refractivity (Wildman–Crippen MR) is 138 cm³/mol. The van der Waals surface area contributed by atoms with E-state index in [1.54, 1.807) is 33.7 Å². The molecule has 0 amide bonds. The summed E-state index contributed by atoms with van der Waals surface area (Å²) in [6.07, 6.45) is 6.14. The Morgan fingerprint density at radius 1 is 0.657 bits per heavy atom. The van der Waals surface area contributed by atoms with Gasteiger partial charge in [-0.2, -0.15) is 0 Å². The van der Waals surface area contributed by atoms with Gasteiger partial charge in [0.1, 0.15) is 11.9 Å². The number of pyridine rings is 1. The van der Waals surface area contributed by atoms with E-state index in [-0.39, 0.29) is 6.10 Å². The molecule has 1 unspecified atom stereocenters. The zero-order valence-electron chi connectivity index (χ0n) is 20.4. The molecule has 180 valence electrons. The predicted octanol–water partition coefficient (Wildman–Crippen LogP) is 6.45. The summed E-state index contributed by atoms with van der Waals surface area (Å²) in [6.45, 7) is 0. The quantitative estimate of drug-likeness (QED) is 0.253. The lowest BCUT2D eigenvalue weighted by Gasteiger charge is -2.24. The Balaban J connectivity index is 1.65. The average Bonchev–Trinajstić information content (AvgIpc) is 2.92. The van der Waals surface area contributed by atoms with Crippen LogP contribution in [0.15, 0.2) is 91.3 Å². The number of benzene rings is 3. The van der Waals surface area contributed by atoms with Gasteiger partial charge in [-0.05, 0) is 66.3 Å². The van der Waals surface area contributed by atoms with Crippen LogP contribution in [0.25, 0.3) is 0 Å². The van der Waals surface area contributed by atoms with E-state index >= 15 is 0 Å². The van der Waals surface area contributed by atoms with Crippen molar-refractivity contribution in [3.63, 3.8) is 0 Å². The number of rotatable bonds is 11. The van der Waals surface area contributed by atoms with Crippen LogP contribution in [-0.4, -0.2) is 26.3 Å². The highest BCUT2D eigenvalue weighted by atomic mass is 16.5. The first-order valence-corrected chi connectivity index (χ1v) is 11.7. The van der Waals surface area contributed by atoms with Crippen LogP contribution in [0.5, 0.6) is 23.0 Å². The molecule has 0 aliphatic heterocycles. The summed E-state index contributed by atoms with van der Waals surface area (Å²) < 4.78 is 23.4. The normalized spacial score (nSPS) is 11.5. The van der Waals surface area contributed by atoms with E-state index in [1.807, 2.05) is 36.4 Å². The standard InChI is InChI=1S/C30H31NO4/c1-32-27-20-25(21-28(33-2)30(27)34-3)29(24-16-18-31-19-17-24)35-26-15-8-7-13-23(26)14-9-12-22-10-5-4-6-11-22/h4-8,10-11,13,15-21,29H,9,12,14H2,1-3H3. The summed E-state index contributed by atoms with van der Waals surface area (Å²) in [4.78, 5) is 4.19. The minimum absolute atomic E-state index is 0.387. The molecule has 1 atom stereocenters. The molecule has 5 heteroatoms. The molecule has 4 rings (SSSR count). The van der Waals surface area contributed by atoms with E-state index in [1.165, 1.54) is 11.1 Å². The molecule has 0 aliphatic rings. The Kier molecular flexibility index (Phi) is 8.23. The Morgan fingerprint density at radius 2 is 1.31 bits per heavy atom. The highest BCUT2D eigenvalue weighted by Crippen LogP contribution is 2.42. The van der Waals surface area contributed by atoms with Crippen molar-refractivity contribution in [2.45, 2.75) is 25.4 Å². The molecule has 35 heavy (non-hydrogen) atoms. The molecule has 5 nitrogen and oxygen atoms in total. The Labute approximate surface area is 207 Å². The van der Waals surface area contributed by atoms with Crippen LogP contribution in [0.2, 0.25) is 0 Å². The van der Waals surface area contributed by atoms with Gasteiger partial charge in [0.05, 0.1) is 21.3 Å². The lowest BCUT2D eigenvalue weighted by atomic mass is 10.00. The van der Waals surface area contributed by atoms with Gasteiger partial charge in [-0.25, -0.2) is 0 Å². The van der Waals surface area contributed by atoms with Crippen LogP contribution in [0.1, 0.15) is 34.8 Å². The summed E-state index contributed by atoms with van der Waals surface area (Å²) in [6, 6.07) is 26.6. The molecule has 0 N–H and O–H groups in total. The molecule has 4 aromatic rings. The van der Waals surface area contributed by atoms with Gasteiger partial charge in [0.25, 0.3) is 0 Å². The number of aryl methyl sites for hydroxylation is 2. The second-order valence-corrected chi connectivity index (χ2v) is 8.18. The summed E-state index contributed by atoms with van der Waals surface area (Å²) >= 11 is 0. The third-order valence-corrected chi connectivity index (χ3v) is 5.97. The number of para-hydroxylation sites is 1. The molecule has 0 spiro atoms. The Morgan fingerprint density at radius 3 is 1.97 bits per heavy atom.